The molecular formula is C16H18O3. The van der Waals surface area contributed by atoms with Gasteiger partial charge >= 0.3 is 5.97 Å². The summed E-state index contributed by atoms with van der Waals surface area (Å²) < 4.78 is 4.75. The highest BCUT2D eigenvalue weighted by molar-refractivity contribution is 5.89. The fraction of sp³-hybridized carbons (Fsp3) is 0.188. The molecule has 3 nitrogen and oxygen atoms in total. The molecule has 0 bridgehead atoms. The summed E-state index contributed by atoms with van der Waals surface area (Å²) in [4.78, 5) is 11.1. The lowest BCUT2D eigenvalue weighted by Gasteiger charge is -2.00. The van der Waals surface area contributed by atoms with Gasteiger partial charge in [0.05, 0.1) is 12.2 Å². The number of benzene rings is 2. The number of esters is 1. The molecule has 0 aliphatic rings. The van der Waals surface area contributed by atoms with E-state index < -0.39 is 0 Å². The first-order valence-corrected chi connectivity index (χ1v) is 6.11. The molecule has 0 aliphatic heterocycles. The molecule has 0 fully saturated rings. The third-order valence-electron chi connectivity index (χ3n) is 2.32. The van der Waals surface area contributed by atoms with Crippen LogP contribution in [-0.4, -0.2) is 17.7 Å². The molecule has 2 aromatic rings. The van der Waals surface area contributed by atoms with Crippen molar-refractivity contribution in [3.8, 4) is 5.75 Å². The summed E-state index contributed by atoms with van der Waals surface area (Å²) in [5, 5.41) is 8.92. The summed E-state index contributed by atoms with van der Waals surface area (Å²) >= 11 is 0. The van der Waals surface area contributed by atoms with Crippen LogP contribution in [0.5, 0.6) is 5.75 Å². The van der Waals surface area contributed by atoms with E-state index >= 15 is 0 Å². The van der Waals surface area contributed by atoms with E-state index in [0.717, 1.165) is 0 Å². The van der Waals surface area contributed by atoms with Gasteiger partial charge in [-0.15, -0.1) is 0 Å². The van der Waals surface area contributed by atoms with Crippen LogP contribution >= 0.6 is 0 Å². The lowest BCUT2D eigenvalue weighted by Crippen LogP contribution is -2.03. The van der Waals surface area contributed by atoms with Crippen molar-refractivity contribution in [3.63, 3.8) is 0 Å². The zero-order valence-corrected chi connectivity index (χ0v) is 11.2. The predicted octanol–water partition coefficient (Wildman–Crippen LogP) is 3.56. The largest absolute Gasteiger partial charge is 0.508 e. The fourth-order valence-electron chi connectivity index (χ4n) is 1.35. The predicted molar refractivity (Wildman–Crippen MR) is 75.2 cm³/mol. The van der Waals surface area contributed by atoms with Crippen LogP contribution in [0, 0.1) is 6.92 Å². The summed E-state index contributed by atoms with van der Waals surface area (Å²) in [6, 6.07) is 16.2. The van der Waals surface area contributed by atoms with E-state index in [0.29, 0.717) is 12.2 Å². The first-order chi connectivity index (χ1) is 9.13. The number of ether oxygens (including phenoxy) is 1. The van der Waals surface area contributed by atoms with Crippen LogP contribution in [0.3, 0.4) is 0 Å². The van der Waals surface area contributed by atoms with E-state index in [2.05, 4.69) is 19.1 Å². The molecule has 2 rings (SSSR count). The minimum Gasteiger partial charge on any atom is -0.508 e. The second kappa shape index (κ2) is 7.93. The molecule has 0 aliphatic carbocycles. The molecule has 1 N–H and O–H groups in total. The van der Waals surface area contributed by atoms with Crippen LogP contribution in [0.2, 0.25) is 0 Å². The minimum atomic E-state index is -0.363. The molecule has 0 heterocycles. The van der Waals surface area contributed by atoms with Gasteiger partial charge in [-0.3, -0.25) is 0 Å². The van der Waals surface area contributed by atoms with Crippen molar-refractivity contribution in [3.05, 3.63) is 65.7 Å². The van der Waals surface area contributed by atoms with Gasteiger partial charge < -0.3 is 9.84 Å². The molecule has 19 heavy (non-hydrogen) atoms. The third-order valence-corrected chi connectivity index (χ3v) is 2.32. The van der Waals surface area contributed by atoms with Crippen molar-refractivity contribution < 1.29 is 14.6 Å². The molecule has 100 valence electrons. The van der Waals surface area contributed by atoms with Gasteiger partial charge in [-0.05, 0) is 38.1 Å². The van der Waals surface area contributed by atoms with Gasteiger partial charge in [-0.2, -0.15) is 0 Å². The van der Waals surface area contributed by atoms with Crippen molar-refractivity contribution in [2.75, 3.05) is 6.61 Å². The number of hydrogen-bond donors (Lipinski definition) is 1. The number of carbonyl (C=O) groups is 1. The Morgan fingerprint density at radius 1 is 1.05 bits per heavy atom. The average Bonchev–Trinajstić information content (AvgIpc) is 2.41. The second-order valence-electron chi connectivity index (χ2n) is 3.92. The molecule has 0 unspecified atom stereocenters. The van der Waals surface area contributed by atoms with Gasteiger partial charge in [0.15, 0.2) is 0 Å². The van der Waals surface area contributed by atoms with Gasteiger partial charge in [-0.25, -0.2) is 4.79 Å². The Balaban J connectivity index is 0.000000218. The lowest BCUT2D eigenvalue weighted by molar-refractivity contribution is 0.0526. The van der Waals surface area contributed by atoms with E-state index in [1.807, 2.05) is 18.2 Å². The van der Waals surface area contributed by atoms with E-state index in [-0.39, 0.29) is 11.7 Å². The number of hydrogen-bond acceptors (Lipinski definition) is 3. The van der Waals surface area contributed by atoms with Crippen LogP contribution < -0.4 is 0 Å². The van der Waals surface area contributed by atoms with Crippen molar-refractivity contribution in [1.82, 2.24) is 0 Å². The van der Waals surface area contributed by atoms with Crippen LogP contribution in [0.4, 0.5) is 0 Å². The van der Waals surface area contributed by atoms with E-state index in [1.165, 1.54) is 29.8 Å². The Labute approximate surface area is 113 Å². The molecule has 0 saturated carbocycles. The summed E-state index contributed by atoms with van der Waals surface area (Å²) in [6.45, 7) is 4.19. The molecule has 0 spiro atoms. The fourth-order valence-corrected chi connectivity index (χ4v) is 1.35. The molecule has 0 atom stereocenters. The standard InChI is InChI=1S/C9H10O3.C7H8/c1-2-12-9(11)7-3-5-8(10)6-4-7;1-7-5-3-2-4-6-7/h3-6,10H,2H2,1H3;2-6H,1H3. The molecule has 3 heteroatoms. The van der Waals surface area contributed by atoms with Gasteiger partial charge in [0.2, 0.25) is 0 Å². The van der Waals surface area contributed by atoms with Crippen LogP contribution in [0.25, 0.3) is 0 Å². The van der Waals surface area contributed by atoms with Gasteiger partial charge in [0.25, 0.3) is 0 Å². The number of carbonyl (C=O) groups excluding carboxylic acids is 1. The van der Waals surface area contributed by atoms with Crippen LogP contribution in [0.15, 0.2) is 54.6 Å². The number of phenolic OH excluding ortho intramolecular Hbond substituents is 1. The topological polar surface area (TPSA) is 46.5 Å². The highest BCUT2D eigenvalue weighted by atomic mass is 16.5. The summed E-state index contributed by atoms with van der Waals surface area (Å²) in [5.74, 6) is -0.222. The lowest BCUT2D eigenvalue weighted by atomic mass is 10.2. The summed E-state index contributed by atoms with van der Waals surface area (Å²) in [7, 11) is 0. The molecular weight excluding hydrogens is 240 g/mol. The maximum atomic E-state index is 11.1. The van der Waals surface area contributed by atoms with E-state index in [4.69, 9.17) is 9.84 Å². The number of aromatic hydroxyl groups is 1. The highest BCUT2D eigenvalue weighted by Gasteiger charge is 2.04. The van der Waals surface area contributed by atoms with Gasteiger partial charge in [0.1, 0.15) is 5.75 Å². The second-order valence-corrected chi connectivity index (χ2v) is 3.92. The van der Waals surface area contributed by atoms with Gasteiger partial charge in [-0.1, -0.05) is 35.9 Å². The summed E-state index contributed by atoms with van der Waals surface area (Å²) in [5.41, 5.74) is 1.78. The first kappa shape index (κ1) is 14.8. The smallest absolute Gasteiger partial charge is 0.338 e. The first-order valence-electron chi connectivity index (χ1n) is 6.11. The maximum Gasteiger partial charge on any atom is 0.338 e. The van der Waals surface area contributed by atoms with Crippen molar-refractivity contribution in [2.45, 2.75) is 13.8 Å². The minimum absolute atomic E-state index is 0.142. The van der Waals surface area contributed by atoms with Crippen molar-refractivity contribution in [2.24, 2.45) is 0 Å². The molecule has 2 aromatic carbocycles. The normalized spacial score (nSPS) is 9.16. The molecule has 0 aromatic heterocycles. The molecule has 0 amide bonds. The monoisotopic (exact) mass is 258 g/mol. The van der Waals surface area contributed by atoms with Crippen LogP contribution in [0.1, 0.15) is 22.8 Å². The Morgan fingerprint density at radius 3 is 2.05 bits per heavy atom. The SMILES string of the molecule is CCOC(=O)c1ccc(O)cc1.Cc1ccccc1. The average molecular weight is 258 g/mol. The Bertz CT molecular complexity index is 489. The quantitative estimate of drug-likeness (QED) is 0.838. The Kier molecular flexibility index (Phi) is 6.16. The highest BCUT2D eigenvalue weighted by Crippen LogP contribution is 2.10. The number of aryl methyl sites for hydroxylation is 1. The summed E-state index contributed by atoms with van der Waals surface area (Å²) in [6.07, 6.45) is 0. The zero-order valence-electron chi connectivity index (χ0n) is 11.2. The van der Waals surface area contributed by atoms with Crippen LogP contribution in [-0.2, 0) is 4.74 Å². The van der Waals surface area contributed by atoms with E-state index in [9.17, 15) is 4.79 Å². The number of phenols is 1. The maximum absolute atomic E-state index is 11.1. The zero-order chi connectivity index (χ0) is 14.1. The number of rotatable bonds is 2. The Hall–Kier alpha value is -2.29. The molecule has 0 radical (unpaired) electrons. The Morgan fingerprint density at radius 2 is 1.63 bits per heavy atom. The van der Waals surface area contributed by atoms with Gasteiger partial charge in [0, 0.05) is 0 Å². The van der Waals surface area contributed by atoms with E-state index in [1.54, 1.807) is 6.92 Å². The molecule has 0 saturated heterocycles. The third kappa shape index (κ3) is 5.73. The van der Waals surface area contributed by atoms with Crippen molar-refractivity contribution in [1.29, 1.82) is 0 Å². The van der Waals surface area contributed by atoms with Crippen molar-refractivity contribution >= 4 is 5.97 Å².